The minimum absolute atomic E-state index is 0.0992. The lowest BCUT2D eigenvalue weighted by Gasteiger charge is -2.37. The normalized spacial score (nSPS) is 21.0. The van der Waals surface area contributed by atoms with Gasteiger partial charge >= 0.3 is 5.97 Å². The maximum absolute atomic E-state index is 15.4. The van der Waals surface area contributed by atoms with Crippen molar-refractivity contribution >= 4 is 23.0 Å². The molecule has 0 radical (unpaired) electrons. The molecule has 0 amide bonds. The summed E-state index contributed by atoms with van der Waals surface area (Å²) in [6.45, 7) is 17.1. The lowest BCUT2D eigenvalue weighted by Crippen LogP contribution is -2.43. The maximum atomic E-state index is 15.4. The highest BCUT2D eigenvalue weighted by atomic mass is 19.1. The topological polar surface area (TPSA) is 109 Å². The first-order chi connectivity index (χ1) is 19.9. The highest BCUT2D eigenvalue weighted by Gasteiger charge is 2.38. The van der Waals surface area contributed by atoms with Gasteiger partial charge in [-0.15, -0.1) is 5.48 Å². The van der Waals surface area contributed by atoms with Gasteiger partial charge in [-0.05, 0) is 94.2 Å². The van der Waals surface area contributed by atoms with Crippen LogP contribution >= 0.6 is 0 Å². The van der Waals surface area contributed by atoms with Crippen LogP contribution in [-0.4, -0.2) is 41.8 Å². The van der Waals surface area contributed by atoms with E-state index >= 15 is 4.39 Å². The van der Waals surface area contributed by atoms with E-state index in [4.69, 9.17) is 15.0 Å². The summed E-state index contributed by atoms with van der Waals surface area (Å²) in [5, 5.41) is 17.5. The van der Waals surface area contributed by atoms with Crippen LogP contribution in [0.1, 0.15) is 71.9 Å². The number of methoxy groups -OCH3 is 1. The molecule has 2 aliphatic carbocycles. The monoisotopic (exact) mass is 592 g/mol. The third kappa shape index (κ3) is 7.48. The first-order valence-electron chi connectivity index (χ1n) is 14.5. The van der Waals surface area contributed by atoms with Gasteiger partial charge in [0.05, 0.1) is 23.3 Å². The molecule has 2 unspecified atom stereocenters. The molecule has 1 aromatic rings. The largest absolute Gasteiger partial charge is 0.481 e. The number of nitrogens with one attached hydrogen (secondary N) is 2. The van der Waals surface area contributed by atoms with E-state index in [1.165, 1.54) is 25.5 Å². The zero-order valence-corrected chi connectivity index (χ0v) is 26.6. The number of benzene rings is 1. The molecule has 0 aromatic heterocycles. The molecule has 43 heavy (non-hydrogen) atoms. The highest BCUT2D eigenvalue weighted by Crippen LogP contribution is 2.43. The molecule has 0 saturated heterocycles. The van der Waals surface area contributed by atoms with E-state index in [-0.39, 0.29) is 12.0 Å². The second-order valence-corrected chi connectivity index (χ2v) is 13.1. The number of rotatable bonds is 13. The van der Waals surface area contributed by atoms with E-state index in [1.54, 1.807) is 14.0 Å². The Morgan fingerprint density at radius 3 is 2.47 bits per heavy atom. The third-order valence-corrected chi connectivity index (χ3v) is 8.47. The molecule has 0 fully saturated rings. The number of hydrogen-bond acceptors (Lipinski definition) is 6. The minimum atomic E-state index is -1.30. The molecule has 0 aliphatic heterocycles. The lowest BCUT2D eigenvalue weighted by atomic mass is 9.76. The summed E-state index contributed by atoms with van der Waals surface area (Å²) in [6.07, 6.45) is 6.38. The zero-order chi connectivity index (χ0) is 32.3. The summed E-state index contributed by atoms with van der Waals surface area (Å²) in [6, 6.07) is 8.24. The van der Waals surface area contributed by atoms with Crippen LogP contribution in [0.25, 0.3) is 5.57 Å². The van der Waals surface area contributed by atoms with Crippen molar-refractivity contribution in [3.63, 3.8) is 0 Å². The van der Waals surface area contributed by atoms with E-state index in [0.29, 0.717) is 30.8 Å². The maximum Gasteiger partial charge on any atom is 0.309 e. The van der Waals surface area contributed by atoms with Crippen LogP contribution in [0.4, 0.5) is 4.39 Å². The van der Waals surface area contributed by atoms with Crippen LogP contribution in [0, 0.1) is 29.1 Å². The van der Waals surface area contributed by atoms with Crippen LogP contribution in [0.5, 0.6) is 0 Å². The molecule has 2 aliphatic rings. The Bertz CT molecular complexity index is 1450. The van der Waals surface area contributed by atoms with Gasteiger partial charge in [-0.1, -0.05) is 49.9 Å². The lowest BCUT2D eigenvalue weighted by molar-refractivity contribution is -0.146. The predicted molar refractivity (Wildman–Crippen MR) is 168 cm³/mol. The first-order valence-corrected chi connectivity index (χ1v) is 14.5. The van der Waals surface area contributed by atoms with Gasteiger partial charge in [-0.2, -0.15) is 0 Å². The Morgan fingerprint density at radius 2 is 1.88 bits per heavy atom. The number of ether oxygens (including phenoxy) is 1. The molecule has 3 rings (SSSR count). The summed E-state index contributed by atoms with van der Waals surface area (Å²) in [5.41, 5.74) is 5.11. The van der Waals surface area contributed by atoms with Gasteiger partial charge in [-0.25, -0.2) is 4.39 Å². The number of carbonyl (C=O) groups is 2. The van der Waals surface area contributed by atoms with Gasteiger partial charge in [0, 0.05) is 24.5 Å². The van der Waals surface area contributed by atoms with E-state index < -0.39 is 45.6 Å². The molecule has 8 heteroatoms. The molecule has 0 spiro atoms. The van der Waals surface area contributed by atoms with E-state index in [2.05, 4.69) is 43.3 Å². The van der Waals surface area contributed by atoms with Crippen molar-refractivity contribution in [3.8, 4) is 0 Å². The molecular weight excluding hydrogens is 547 g/mol. The quantitative estimate of drug-likeness (QED) is 0.125. The molecule has 0 heterocycles. The first kappa shape index (κ1) is 33.9. The van der Waals surface area contributed by atoms with Crippen LogP contribution in [0.3, 0.4) is 0 Å². The molecule has 0 saturated carbocycles. The van der Waals surface area contributed by atoms with Crippen molar-refractivity contribution in [1.82, 2.24) is 5.48 Å². The van der Waals surface area contributed by atoms with Crippen molar-refractivity contribution < 1.29 is 28.7 Å². The van der Waals surface area contributed by atoms with Crippen molar-refractivity contribution in [2.75, 3.05) is 13.7 Å². The number of allylic oxidation sites excluding steroid dienone is 5. The zero-order valence-electron chi connectivity index (χ0n) is 26.6. The summed E-state index contributed by atoms with van der Waals surface area (Å²) in [7, 11) is 1.67. The molecular formula is C35H45FN2O5. The average molecular weight is 593 g/mol. The van der Waals surface area contributed by atoms with Crippen LogP contribution in [-0.2, 0) is 19.2 Å². The Morgan fingerprint density at radius 1 is 1.23 bits per heavy atom. The van der Waals surface area contributed by atoms with E-state index in [0.717, 1.165) is 16.7 Å². The van der Waals surface area contributed by atoms with E-state index in [9.17, 15) is 14.7 Å². The number of carbonyl (C=O) groups excluding carboxylic acids is 1. The number of hydrogen-bond donors (Lipinski definition) is 3. The van der Waals surface area contributed by atoms with Crippen molar-refractivity contribution in [2.45, 2.75) is 73.3 Å². The number of ketones is 1. The second kappa shape index (κ2) is 12.9. The molecule has 0 bridgehead atoms. The number of carboxylic acids is 1. The fourth-order valence-corrected chi connectivity index (χ4v) is 5.45. The summed E-state index contributed by atoms with van der Waals surface area (Å²) in [4.78, 5) is 30.5. The van der Waals surface area contributed by atoms with Crippen molar-refractivity contribution in [3.05, 3.63) is 88.5 Å². The number of aryl methyl sites for hydroxylation is 1. The summed E-state index contributed by atoms with van der Waals surface area (Å²) < 4.78 is 20.9. The van der Waals surface area contributed by atoms with Gasteiger partial charge in [-0.3, -0.25) is 9.59 Å². The molecule has 3 N–H and O–H groups in total. The van der Waals surface area contributed by atoms with Gasteiger partial charge in [0.25, 0.3) is 0 Å². The molecule has 7 nitrogen and oxygen atoms in total. The van der Waals surface area contributed by atoms with Gasteiger partial charge in [0.1, 0.15) is 11.6 Å². The number of carboxylic acid groups (broad SMARTS) is 1. The SMILES string of the molecule is C=C(ONC(C)(C)C1=CC(F)=C(C(=O)C(=N)CC(C)(C)C(=O)O)C(C)C1)C1(C)C=C(COC)C(c2ccccc2C)=CC1. The summed E-state index contributed by atoms with van der Waals surface area (Å²) >= 11 is 0. The summed E-state index contributed by atoms with van der Waals surface area (Å²) in [5.74, 6) is -2.61. The molecule has 2 atom stereocenters. The highest BCUT2D eigenvalue weighted by molar-refractivity contribution is 6.45. The fourth-order valence-electron chi connectivity index (χ4n) is 5.45. The van der Waals surface area contributed by atoms with E-state index in [1.807, 2.05) is 32.9 Å². The minimum Gasteiger partial charge on any atom is -0.481 e. The number of Topliss-reactive ketones (excluding diaryl/α,β-unsaturated/α-hetero) is 1. The Labute approximate surface area is 254 Å². The standard InChI is InChI=1S/C35H45FN2O5/c1-21-12-10-11-13-26(21)27-14-15-35(8,18-24(27)20-42-9)23(3)43-38-34(6,7)25-16-22(2)30(28(36)17-25)31(39)29(37)19-33(4,5)32(40)41/h10-14,17-18,22,37-38H,3,15-16,19-20H2,1-2,4-9H3,(H,40,41). The fraction of sp³-hybridized carbons (Fsp3) is 0.457. The van der Waals surface area contributed by atoms with Gasteiger partial charge < -0.3 is 20.1 Å². The van der Waals surface area contributed by atoms with Crippen molar-refractivity contribution in [2.24, 2.45) is 16.7 Å². The molecule has 1 aromatic carbocycles. The number of halogens is 1. The Kier molecular flexibility index (Phi) is 10.2. The van der Waals surface area contributed by atoms with Gasteiger partial charge in [0.2, 0.25) is 5.78 Å². The van der Waals surface area contributed by atoms with Gasteiger partial charge in [0.15, 0.2) is 0 Å². The van der Waals surface area contributed by atoms with Crippen molar-refractivity contribution in [1.29, 1.82) is 5.41 Å². The second-order valence-electron chi connectivity index (χ2n) is 13.1. The smallest absolute Gasteiger partial charge is 0.309 e. The van der Waals surface area contributed by atoms with Crippen LogP contribution < -0.4 is 5.48 Å². The Balaban J connectivity index is 1.76. The van der Waals surface area contributed by atoms with Crippen LogP contribution in [0.15, 0.2) is 77.4 Å². The third-order valence-electron chi connectivity index (χ3n) is 8.47. The number of hydroxylamine groups is 1. The molecule has 232 valence electrons. The predicted octanol–water partition coefficient (Wildman–Crippen LogP) is 7.45. The number of aliphatic carboxylic acids is 1. The average Bonchev–Trinajstić information content (AvgIpc) is 2.91. The Hall–Kier alpha value is -3.62. The van der Waals surface area contributed by atoms with Crippen LogP contribution in [0.2, 0.25) is 0 Å².